The second-order valence-corrected chi connectivity index (χ2v) is 7.32. The molecule has 2 rings (SSSR count). The van der Waals surface area contributed by atoms with Crippen LogP contribution in [0.15, 0.2) is 47.6 Å². The number of pyridine rings is 1. The maximum atomic E-state index is 12.3. The molecule has 2 aromatic rings. The Morgan fingerprint density at radius 3 is 2.36 bits per heavy atom. The fourth-order valence-corrected chi connectivity index (χ4v) is 3.06. The van der Waals surface area contributed by atoms with E-state index in [2.05, 4.69) is 10.3 Å². The quantitative estimate of drug-likeness (QED) is 0.633. The van der Waals surface area contributed by atoms with Crippen LogP contribution in [0.3, 0.4) is 0 Å². The lowest BCUT2D eigenvalue weighted by Crippen LogP contribution is -2.26. The third kappa shape index (κ3) is 5.51. The summed E-state index contributed by atoms with van der Waals surface area (Å²) in [5.41, 5.74) is 1.16. The number of benzene rings is 1. The summed E-state index contributed by atoms with van der Waals surface area (Å²) in [6.07, 6.45) is 2.87. The molecule has 1 aromatic carbocycles. The molecule has 0 unspecified atom stereocenters. The summed E-state index contributed by atoms with van der Waals surface area (Å²) >= 11 is 0. The van der Waals surface area contributed by atoms with Crippen molar-refractivity contribution in [2.45, 2.75) is 18.7 Å². The number of hydrogen-bond donors (Lipinski definition) is 2. The van der Waals surface area contributed by atoms with E-state index in [0.717, 1.165) is 0 Å². The zero-order valence-electron chi connectivity index (χ0n) is 15.6. The average Bonchev–Trinajstić information content (AvgIpc) is 2.68. The van der Waals surface area contributed by atoms with Crippen molar-refractivity contribution in [3.8, 4) is 0 Å². The predicted octanol–water partition coefficient (Wildman–Crippen LogP) is 1.37. The van der Waals surface area contributed by atoms with E-state index in [0.29, 0.717) is 18.8 Å². The number of amides is 1. The zero-order chi connectivity index (χ0) is 20.7. The highest BCUT2D eigenvalue weighted by atomic mass is 32.2. The molecule has 10 heteroatoms. The molecule has 9 nitrogen and oxygen atoms in total. The molecule has 0 radical (unpaired) electrons. The van der Waals surface area contributed by atoms with Crippen LogP contribution in [0, 0.1) is 0 Å². The number of hydrogen-bond acceptors (Lipinski definition) is 7. The minimum Gasteiger partial charge on any atom is -0.452 e. The van der Waals surface area contributed by atoms with Crippen LogP contribution in [0.5, 0.6) is 0 Å². The summed E-state index contributed by atoms with van der Waals surface area (Å²) in [6.45, 7) is 4.62. The number of sulfonamides is 1. The van der Waals surface area contributed by atoms with Gasteiger partial charge in [-0.05, 0) is 44.2 Å². The number of rotatable bonds is 8. The van der Waals surface area contributed by atoms with E-state index in [-0.39, 0.29) is 16.1 Å². The van der Waals surface area contributed by atoms with E-state index in [1.165, 1.54) is 36.7 Å². The van der Waals surface area contributed by atoms with Crippen molar-refractivity contribution in [1.29, 1.82) is 0 Å². The molecule has 150 valence electrons. The number of nitrogens with one attached hydrogen (secondary N) is 1. The molecule has 28 heavy (non-hydrogen) atoms. The first-order valence-electron chi connectivity index (χ1n) is 8.55. The van der Waals surface area contributed by atoms with Gasteiger partial charge in [-0.1, -0.05) is 0 Å². The van der Waals surface area contributed by atoms with Crippen LogP contribution in [0.4, 0.5) is 11.4 Å². The Balaban J connectivity index is 2.17. The molecule has 0 aliphatic heterocycles. The number of aromatic nitrogens is 1. The monoisotopic (exact) mass is 406 g/mol. The summed E-state index contributed by atoms with van der Waals surface area (Å²) in [5, 5.41) is 7.77. The van der Waals surface area contributed by atoms with Gasteiger partial charge in [-0.15, -0.1) is 0 Å². The highest BCUT2D eigenvalue weighted by Gasteiger charge is 2.17. The molecule has 0 aliphatic carbocycles. The van der Waals surface area contributed by atoms with Crippen LogP contribution in [-0.4, -0.2) is 45.0 Å². The van der Waals surface area contributed by atoms with Crippen LogP contribution in [-0.2, 0) is 19.6 Å². The van der Waals surface area contributed by atoms with Gasteiger partial charge < -0.3 is 15.0 Å². The number of carbonyl (C=O) groups excluding carboxylic acids is 2. The lowest BCUT2D eigenvalue weighted by Gasteiger charge is -2.24. The second kappa shape index (κ2) is 9.29. The molecule has 1 aromatic heterocycles. The first kappa shape index (κ1) is 21.3. The molecule has 1 heterocycles. The highest BCUT2D eigenvalue weighted by Crippen LogP contribution is 2.28. The van der Waals surface area contributed by atoms with Crippen molar-refractivity contribution >= 4 is 33.3 Å². The van der Waals surface area contributed by atoms with Crippen molar-refractivity contribution in [3.63, 3.8) is 0 Å². The van der Waals surface area contributed by atoms with E-state index in [1.807, 2.05) is 18.7 Å². The average molecular weight is 406 g/mol. The molecule has 0 saturated carbocycles. The normalized spacial score (nSPS) is 11.0. The van der Waals surface area contributed by atoms with E-state index in [1.54, 1.807) is 6.07 Å². The van der Waals surface area contributed by atoms with Crippen molar-refractivity contribution in [2.24, 2.45) is 5.14 Å². The van der Waals surface area contributed by atoms with Gasteiger partial charge in [0.1, 0.15) is 0 Å². The van der Waals surface area contributed by atoms with Gasteiger partial charge in [-0.2, -0.15) is 0 Å². The predicted molar refractivity (Wildman–Crippen MR) is 105 cm³/mol. The van der Waals surface area contributed by atoms with Crippen molar-refractivity contribution in [3.05, 3.63) is 48.3 Å². The minimum absolute atomic E-state index is 0.132. The SMILES string of the molecule is CCN(CC)c1ccc(S(N)(=O)=O)cc1NC(=O)COC(=O)c1ccncc1. The first-order valence-corrected chi connectivity index (χ1v) is 10.1. The van der Waals surface area contributed by atoms with Gasteiger partial charge >= 0.3 is 5.97 Å². The molecule has 3 N–H and O–H groups in total. The molecule has 0 spiro atoms. The third-order valence-corrected chi connectivity index (χ3v) is 4.84. The van der Waals surface area contributed by atoms with E-state index >= 15 is 0 Å². The standard InChI is InChI=1S/C18H22N4O5S/c1-3-22(4-2)16-6-5-14(28(19,25)26)11-15(16)21-17(23)12-27-18(24)13-7-9-20-10-8-13/h5-11H,3-4,12H2,1-2H3,(H,21,23)(H2,19,25,26). The Hall–Kier alpha value is -2.98. The number of esters is 1. The molecule has 0 fully saturated rings. The maximum absolute atomic E-state index is 12.3. The summed E-state index contributed by atoms with van der Waals surface area (Å²) in [6, 6.07) is 7.17. The van der Waals surface area contributed by atoms with E-state index < -0.39 is 28.5 Å². The maximum Gasteiger partial charge on any atom is 0.338 e. The van der Waals surface area contributed by atoms with Crippen LogP contribution < -0.4 is 15.4 Å². The molecule has 0 atom stereocenters. The summed E-state index contributed by atoms with van der Waals surface area (Å²) < 4.78 is 28.3. The number of primary sulfonamides is 1. The molecular weight excluding hydrogens is 384 g/mol. The van der Waals surface area contributed by atoms with Crippen LogP contribution in [0.2, 0.25) is 0 Å². The first-order chi connectivity index (χ1) is 13.3. The number of ether oxygens (including phenoxy) is 1. The van der Waals surface area contributed by atoms with Crippen LogP contribution >= 0.6 is 0 Å². The number of anilines is 2. The molecule has 0 saturated heterocycles. The van der Waals surface area contributed by atoms with Crippen molar-refractivity contribution in [2.75, 3.05) is 29.9 Å². The molecule has 0 aliphatic rings. The Bertz CT molecular complexity index is 944. The van der Waals surface area contributed by atoms with Crippen molar-refractivity contribution in [1.82, 2.24) is 4.98 Å². The fourth-order valence-electron chi connectivity index (χ4n) is 2.52. The third-order valence-electron chi connectivity index (χ3n) is 3.93. The van der Waals surface area contributed by atoms with Gasteiger partial charge in [0.15, 0.2) is 6.61 Å². The topological polar surface area (TPSA) is 132 Å². The van der Waals surface area contributed by atoms with E-state index in [4.69, 9.17) is 9.88 Å². The lowest BCUT2D eigenvalue weighted by atomic mass is 10.2. The molecular formula is C18H22N4O5S. The van der Waals surface area contributed by atoms with Crippen LogP contribution in [0.25, 0.3) is 0 Å². The van der Waals surface area contributed by atoms with Gasteiger partial charge in [0.2, 0.25) is 10.0 Å². The van der Waals surface area contributed by atoms with Crippen molar-refractivity contribution < 1.29 is 22.7 Å². The minimum atomic E-state index is -3.94. The van der Waals surface area contributed by atoms with Crippen LogP contribution in [0.1, 0.15) is 24.2 Å². The van der Waals surface area contributed by atoms with Gasteiger partial charge in [-0.25, -0.2) is 18.4 Å². The van der Waals surface area contributed by atoms with Gasteiger partial charge in [-0.3, -0.25) is 9.78 Å². The Labute approximate surface area is 163 Å². The summed E-state index contributed by atoms with van der Waals surface area (Å²) in [4.78, 5) is 29.8. The number of nitrogens with two attached hydrogens (primary N) is 1. The lowest BCUT2D eigenvalue weighted by molar-refractivity contribution is -0.119. The Morgan fingerprint density at radius 2 is 1.79 bits per heavy atom. The fraction of sp³-hybridized carbons (Fsp3) is 0.278. The number of nitrogens with zero attached hydrogens (tertiary/aromatic N) is 2. The largest absolute Gasteiger partial charge is 0.452 e. The summed E-state index contributed by atoms with van der Waals surface area (Å²) in [5.74, 6) is -1.28. The Kier molecular flexibility index (Phi) is 7.07. The number of carbonyl (C=O) groups is 2. The zero-order valence-corrected chi connectivity index (χ0v) is 16.4. The van der Waals surface area contributed by atoms with Gasteiger partial charge in [0.05, 0.1) is 21.8 Å². The molecule has 0 bridgehead atoms. The molecule has 1 amide bonds. The van der Waals surface area contributed by atoms with E-state index in [9.17, 15) is 18.0 Å². The van der Waals surface area contributed by atoms with Gasteiger partial charge in [0.25, 0.3) is 5.91 Å². The Morgan fingerprint density at radius 1 is 1.14 bits per heavy atom. The van der Waals surface area contributed by atoms with Gasteiger partial charge in [0, 0.05) is 25.5 Å². The smallest absolute Gasteiger partial charge is 0.338 e. The second-order valence-electron chi connectivity index (χ2n) is 5.76. The highest BCUT2D eigenvalue weighted by molar-refractivity contribution is 7.89. The summed E-state index contributed by atoms with van der Waals surface area (Å²) in [7, 11) is -3.94.